The second-order valence-electron chi connectivity index (χ2n) is 6.55. The molecule has 1 aromatic carbocycles. The largest absolute Gasteiger partial charge is 0.394 e. The predicted octanol–water partition coefficient (Wildman–Crippen LogP) is 1.75. The molecule has 1 amide bonds. The van der Waals surface area contributed by atoms with Crippen LogP contribution in [0.3, 0.4) is 0 Å². The molecule has 4 nitrogen and oxygen atoms in total. The number of hydrogen-bond acceptors (Lipinski definition) is 3. The molecule has 4 heteroatoms. The van der Waals surface area contributed by atoms with Crippen molar-refractivity contribution >= 4 is 5.91 Å². The van der Waals surface area contributed by atoms with E-state index >= 15 is 0 Å². The summed E-state index contributed by atoms with van der Waals surface area (Å²) in [4.78, 5) is 14.8. The highest BCUT2D eigenvalue weighted by atomic mass is 16.3. The second-order valence-corrected chi connectivity index (χ2v) is 6.55. The third-order valence-corrected chi connectivity index (χ3v) is 4.84. The minimum atomic E-state index is -0.182. The van der Waals surface area contributed by atoms with Crippen molar-refractivity contribution < 1.29 is 9.90 Å². The van der Waals surface area contributed by atoms with Crippen molar-refractivity contribution in [2.45, 2.75) is 44.6 Å². The Morgan fingerprint density at radius 2 is 1.91 bits per heavy atom. The topological polar surface area (TPSA) is 52.6 Å². The molecule has 1 fully saturated rings. The predicted molar refractivity (Wildman–Crippen MR) is 87.1 cm³/mol. The Balaban J connectivity index is 1.59. The molecule has 22 heavy (non-hydrogen) atoms. The van der Waals surface area contributed by atoms with Crippen LogP contribution in [0.1, 0.15) is 47.2 Å². The van der Waals surface area contributed by atoms with E-state index in [-0.39, 0.29) is 18.6 Å². The van der Waals surface area contributed by atoms with Crippen LogP contribution in [0.4, 0.5) is 0 Å². The summed E-state index contributed by atoms with van der Waals surface area (Å²) in [6, 6.07) is 5.83. The zero-order valence-corrected chi connectivity index (χ0v) is 13.2. The van der Waals surface area contributed by atoms with Crippen LogP contribution in [-0.2, 0) is 12.8 Å². The Labute approximate surface area is 132 Å². The van der Waals surface area contributed by atoms with E-state index in [1.165, 1.54) is 36.8 Å². The molecule has 2 N–H and O–H groups in total. The molecule has 0 bridgehead atoms. The molecule has 1 aliphatic heterocycles. The number of benzene rings is 1. The van der Waals surface area contributed by atoms with Gasteiger partial charge in [-0.05, 0) is 68.5 Å². The molecule has 1 atom stereocenters. The molecule has 1 aromatic rings. The minimum Gasteiger partial charge on any atom is -0.394 e. The number of aliphatic hydroxyl groups is 1. The van der Waals surface area contributed by atoms with E-state index in [4.69, 9.17) is 0 Å². The molecule has 1 heterocycles. The number of nitrogens with one attached hydrogen (secondary N) is 1. The summed E-state index contributed by atoms with van der Waals surface area (Å²) in [5.74, 6) is -0.0641. The molecule has 1 saturated heterocycles. The average molecular weight is 302 g/mol. The number of carbonyl (C=O) groups is 1. The lowest BCUT2D eigenvalue weighted by molar-refractivity contribution is 0.0886. The number of amides is 1. The summed E-state index contributed by atoms with van der Waals surface area (Å²) < 4.78 is 0. The quantitative estimate of drug-likeness (QED) is 0.871. The van der Waals surface area contributed by atoms with E-state index in [1.54, 1.807) is 0 Å². The Morgan fingerprint density at radius 3 is 2.68 bits per heavy atom. The molecule has 0 aromatic heterocycles. The lowest BCUT2D eigenvalue weighted by Gasteiger charge is -2.30. The third-order valence-electron chi connectivity index (χ3n) is 4.84. The molecule has 1 unspecified atom stereocenters. The summed E-state index contributed by atoms with van der Waals surface area (Å²) in [6.45, 7) is 2.89. The molecular weight excluding hydrogens is 276 g/mol. The highest BCUT2D eigenvalue weighted by Crippen LogP contribution is 2.22. The van der Waals surface area contributed by atoms with Gasteiger partial charge in [0.15, 0.2) is 0 Å². The SMILES string of the molecule is O=C(NC(CO)CN1CCCCC1)c1ccc2c(c1)CCC2. The number of aliphatic hydroxyl groups excluding tert-OH is 1. The van der Waals surface area contributed by atoms with Crippen LogP contribution in [0.25, 0.3) is 0 Å². The minimum absolute atomic E-state index is 0.00677. The van der Waals surface area contributed by atoms with Gasteiger partial charge in [-0.25, -0.2) is 0 Å². The van der Waals surface area contributed by atoms with Crippen LogP contribution in [0.5, 0.6) is 0 Å². The van der Waals surface area contributed by atoms with E-state index in [2.05, 4.69) is 16.3 Å². The third kappa shape index (κ3) is 3.68. The summed E-state index contributed by atoms with van der Waals surface area (Å²) in [7, 11) is 0. The summed E-state index contributed by atoms with van der Waals surface area (Å²) in [5, 5.41) is 12.6. The number of piperidine rings is 1. The average Bonchev–Trinajstić information content (AvgIpc) is 3.02. The van der Waals surface area contributed by atoms with Crippen molar-refractivity contribution in [3.63, 3.8) is 0 Å². The number of aryl methyl sites for hydroxylation is 2. The monoisotopic (exact) mass is 302 g/mol. The van der Waals surface area contributed by atoms with Crippen molar-refractivity contribution in [2.75, 3.05) is 26.2 Å². The zero-order chi connectivity index (χ0) is 15.4. The first-order valence-corrected chi connectivity index (χ1v) is 8.52. The lowest BCUT2D eigenvalue weighted by atomic mass is 10.1. The van der Waals surface area contributed by atoms with Crippen molar-refractivity contribution in [1.29, 1.82) is 0 Å². The number of likely N-dealkylation sites (tertiary alicyclic amines) is 1. The van der Waals surface area contributed by atoms with Gasteiger partial charge in [0, 0.05) is 12.1 Å². The molecule has 2 aliphatic rings. The van der Waals surface area contributed by atoms with Crippen molar-refractivity contribution in [1.82, 2.24) is 10.2 Å². The van der Waals surface area contributed by atoms with E-state index in [9.17, 15) is 9.90 Å². The first-order valence-electron chi connectivity index (χ1n) is 8.52. The van der Waals surface area contributed by atoms with Gasteiger partial charge in [0.2, 0.25) is 0 Å². The number of nitrogens with zero attached hydrogens (tertiary/aromatic N) is 1. The Hall–Kier alpha value is -1.39. The van der Waals surface area contributed by atoms with E-state index in [0.717, 1.165) is 38.0 Å². The molecule has 0 saturated carbocycles. The van der Waals surface area contributed by atoms with Gasteiger partial charge in [0.1, 0.15) is 0 Å². The highest BCUT2D eigenvalue weighted by molar-refractivity contribution is 5.94. The number of rotatable bonds is 5. The van der Waals surface area contributed by atoms with E-state index < -0.39 is 0 Å². The maximum Gasteiger partial charge on any atom is 0.251 e. The molecule has 0 radical (unpaired) electrons. The second kappa shape index (κ2) is 7.25. The number of hydrogen-bond donors (Lipinski definition) is 2. The van der Waals surface area contributed by atoms with Gasteiger partial charge in [-0.15, -0.1) is 0 Å². The first-order chi connectivity index (χ1) is 10.8. The summed E-state index contributed by atoms with van der Waals surface area (Å²) >= 11 is 0. The van der Waals surface area contributed by atoms with Gasteiger partial charge in [-0.2, -0.15) is 0 Å². The van der Waals surface area contributed by atoms with Crippen LogP contribution in [0.2, 0.25) is 0 Å². The van der Waals surface area contributed by atoms with Crippen molar-refractivity contribution in [3.05, 3.63) is 34.9 Å². The maximum absolute atomic E-state index is 12.4. The van der Waals surface area contributed by atoms with Gasteiger partial charge in [0.05, 0.1) is 12.6 Å². The molecule has 0 spiro atoms. The van der Waals surface area contributed by atoms with Gasteiger partial charge >= 0.3 is 0 Å². The van der Waals surface area contributed by atoms with Crippen molar-refractivity contribution in [2.24, 2.45) is 0 Å². The van der Waals surface area contributed by atoms with Gasteiger partial charge in [0.25, 0.3) is 5.91 Å². The standard InChI is InChI=1S/C18H26N2O2/c21-13-17(12-20-9-2-1-3-10-20)19-18(22)16-8-7-14-5-4-6-15(14)11-16/h7-8,11,17,21H,1-6,9-10,12-13H2,(H,19,22). The number of fused-ring (bicyclic) bond motifs is 1. The Bertz CT molecular complexity index is 524. The van der Waals surface area contributed by atoms with Crippen LogP contribution >= 0.6 is 0 Å². The highest BCUT2D eigenvalue weighted by Gasteiger charge is 2.19. The normalized spacial score (nSPS) is 19.7. The molecule has 120 valence electrons. The van der Waals surface area contributed by atoms with Crippen LogP contribution in [0, 0.1) is 0 Å². The molecule has 1 aliphatic carbocycles. The van der Waals surface area contributed by atoms with Gasteiger partial charge in [-0.3, -0.25) is 4.79 Å². The Morgan fingerprint density at radius 1 is 1.14 bits per heavy atom. The van der Waals surface area contributed by atoms with Crippen LogP contribution in [0.15, 0.2) is 18.2 Å². The maximum atomic E-state index is 12.4. The van der Waals surface area contributed by atoms with Gasteiger partial charge < -0.3 is 15.3 Å². The fourth-order valence-corrected chi connectivity index (χ4v) is 3.58. The summed E-state index contributed by atoms with van der Waals surface area (Å²) in [5.41, 5.74) is 3.41. The smallest absolute Gasteiger partial charge is 0.251 e. The first kappa shape index (κ1) is 15.5. The van der Waals surface area contributed by atoms with Crippen LogP contribution < -0.4 is 5.32 Å². The van der Waals surface area contributed by atoms with E-state index in [0.29, 0.717) is 0 Å². The fraction of sp³-hybridized carbons (Fsp3) is 0.611. The number of carbonyl (C=O) groups excluding carboxylic acids is 1. The van der Waals surface area contributed by atoms with Crippen molar-refractivity contribution in [3.8, 4) is 0 Å². The lowest BCUT2D eigenvalue weighted by Crippen LogP contribution is -2.47. The fourth-order valence-electron chi connectivity index (χ4n) is 3.58. The van der Waals surface area contributed by atoms with Crippen LogP contribution in [-0.4, -0.2) is 48.2 Å². The molecular formula is C18H26N2O2. The summed E-state index contributed by atoms with van der Waals surface area (Å²) in [6.07, 6.45) is 7.13. The Kier molecular flexibility index (Phi) is 5.11. The molecule has 3 rings (SSSR count). The van der Waals surface area contributed by atoms with Gasteiger partial charge in [-0.1, -0.05) is 12.5 Å². The zero-order valence-electron chi connectivity index (χ0n) is 13.2. The van der Waals surface area contributed by atoms with E-state index in [1.807, 2.05) is 12.1 Å².